The Morgan fingerprint density at radius 2 is 2.12 bits per heavy atom. The largest absolute Gasteiger partial charge is 0.373 e. The van der Waals surface area contributed by atoms with Gasteiger partial charge in [0.15, 0.2) is 0 Å². The van der Waals surface area contributed by atoms with E-state index in [1.165, 1.54) is 5.57 Å². The van der Waals surface area contributed by atoms with E-state index in [2.05, 4.69) is 39.5 Å². The Morgan fingerprint density at radius 1 is 1.38 bits per heavy atom. The van der Waals surface area contributed by atoms with Crippen LogP contribution in [0.3, 0.4) is 0 Å². The second-order valence-electron chi connectivity index (χ2n) is 6.42. The van der Waals surface area contributed by atoms with Crippen LogP contribution < -0.4 is 0 Å². The van der Waals surface area contributed by atoms with Crippen LogP contribution in [0, 0.1) is 16.7 Å². The summed E-state index contributed by atoms with van der Waals surface area (Å²) >= 11 is 0. The van der Waals surface area contributed by atoms with E-state index in [0.717, 1.165) is 19.3 Å². The number of fused-ring (bicyclic) bond motifs is 1. The zero-order valence-corrected chi connectivity index (χ0v) is 10.6. The first-order chi connectivity index (χ1) is 7.48. The SMILES string of the molecule is C=C1CC[C@@H]2O[C@H]3CC(C)C=C[C@]13C2(C)C. The van der Waals surface area contributed by atoms with Crippen LogP contribution in [0.25, 0.3) is 0 Å². The molecule has 1 heterocycles. The van der Waals surface area contributed by atoms with Crippen LogP contribution in [0.15, 0.2) is 24.3 Å². The standard InChI is InChI=1S/C15H22O/c1-10-7-8-15-11(2)5-6-12(14(15,3)4)16-13(15)9-10/h7-8,10,12-13H,2,5-6,9H2,1,3-4H3/t10?,12-,13-,15-/m0/s1. The molecule has 0 aromatic rings. The summed E-state index contributed by atoms with van der Waals surface area (Å²) in [5.74, 6) is 0.651. The Bertz CT molecular complexity index is 366. The molecule has 0 aromatic carbocycles. The van der Waals surface area contributed by atoms with Crippen molar-refractivity contribution >= 4 is 0 Å². The number of rotatable bonds is 0. The van der Waals surface area contributed by atoms with Crippen molar-refractivity contribution in [2.75, 3.05) is 0 Å². The lowest BCUT2D eigenvalue weighted by molar-refractivity contribution is 0.00896. The number of allylic oxidation sites excluding steroid dienone is 1. The van der Waals surface area contributed by atoms with E-state index in [0.29, 0.717) is 18.1 Å². The molecular weight excluding hydrogens is 196 g/mol. The predicted octanol–water partition coefficient (Wildman–Crippen LogP) is 3.71. The molecule has 3 aliphatic rings. The summed E-state index contributed by atoms with van der Waals surface area (Å²) in [6.07, 6.45) is 9.07. The Balaban J connectivity index is 2.15. The molecule has 1 aliphatic heterocycles. The Hall–Kier alpha value is -0.560. The predicted molar refractivity (Wildman–Crippen MR) is 66.2 cm³/mol. The highest BCUT2D eigenvalue weighted by atomic mass is 16.5. The van der Waals surface area contributed by atoms with E-state index in [-0.39, 0.29) is 10.8 Å². The van der Waals surface area contributed by atoms with Crippen LogP contribution in [0.1, 0.15) is 40.0 Å². The minimum Gasteiger partial charge on any atom is -0.373 e. The van der Waals surface area contributed by atoms with Crippen LogP contribution >= 0.6 is 0 Å². The maximum Gasteiger partial charge on any atom is 0.0718 e. The van der Waals surface area contributed by atoms with E-state index in [4.69, 9.17) is 4.74 Å². The van der Waals surface area contributed by atoms with Gasteiger partial charge in [0.1, 0.15) is 0 Å². The van der Waals surface area contributed by atoms with Crippen molar-refractivity contribution < 1.29 is 4.74 Å². The average Bonchev–Trinajstić information content (AvgIpc) is 2.34. The summed E-state index contributed by atoms with van der Waals surface area (Å²) < 4.78 is 6.32. The third-order valence-corrected chi connectivity index (χ3v) is 5.27. The van der Waals surface area contributed by atoms with Crippen molar-refractivity contribution in [2.24, 2.45) is 16.7 Å². The molecule has 1 unspecified atom stereocenters. The monoisotopic (exact) mass is 218 g/mol. The van der Waals surface area contributed by atoms with Gasteiger partial charge in [-0.25, -0.2) is 0 Å². The summed E-state index contributed by atoms with van der Waals surface area (Å²) in [6, 6.07) is 0. The first-order valence-corrected chi connectivity index (χ1v) is 6.51. The lowest BCUT2D eigenvalue weighted by atomic mass is 9.52. The molecule has 4 atom stereocenters. The van der Waals surface area contributed by atoms with Gasteiger partial charge in [-0.1, -0.05) is 45.1 Å². The van der Waals surface area contributed by atoms with E-state index < -0.39 is 0 Å². The molecule has 1 spiro atoms. The van der Waals surface area contributed by atoms with Crippen molar-refractivity contribution in [1.29, 1.82) is 0 Å². The van der Waals surface area contributed by atoms with Gasteiger partial charge in [-0.3, -0.25) is 0 Å². The minimum atomic E-state index is 0.127. The normalized spacial score (nSPS) is 49.2. The maximum absolute atomic E-state index is 6.32. The quantitative estimate of drug-likeness (QED) is 0.563. The van der Waals surface area contributed by atoms with Crippen molar-refractivity contribution in [3.05, 3.63) is 24.3 Å². The smallest absolute Gasteiger partial charge is 0.0718 e. The van der Waals surface area contributed by atoms with Gasteiger partial charge in [0.2, 0.25) is 0 Å². The van der Waals surface area contributed by atoms with Gasteiger partial charge in [0.25, 0.3) is 0 Å². The summed E-state index contributed by atoms with van der Waals surface area (Å²) in [7, 11) is 0. The molecule has 2 fully saturated rings. The van der Waals surface area contributed by atoms with Crippen molar-refractivity contribution in [1.82, 2.24) is 0 Å². The van der Waals surface area contributed by atoms with Gasteiger partial charge in [0, 0.05) is 10.8 Å². The van der Waals surface area contributed by atoms with Gasteiger partial charge < -0.3 is 4.74 Å². The summed E-state index contributed by atoms with van der Waals surface area (Å²) in [4.78, 5) is 0. The molecule has 1 heteroatoms. The summed E-state index contributed by atoms with van der Waals surface area (Å²) in [5, 5.41) is 0. The van der Waals surface area contributed by atoms with Crippen LogP contribution in [0.5, 0.6) is 0 Å². The van der Waals surface area contributed by atoms with Gasteiger partial charge in [-0.15, -0.1) is 0 Å². The lowest BCUT2D eigenvalue weighted by Crippen LogP contribution is -2.47. The molecule has 0 N–H and O–H groups in total. The maximum atomic E-state index is 6.32. The molecule has 2 aliphatic carbocycles. The average molecular weight is 218 g/mol. The lowest BCUT2D eigenvalue weighted by Gasteiger charge is -2.49. The van der Waals surface area contributed by atoms with Gasteiger partial charge in [-0.05, 0) is 25.2 Å². The Labute approximate surface area is 98.6 Å². The second kappa shape index (κ2) is 3.01. The zero-order valence-electron chi connectivity index (χ0n) is 10.6. The topological polar surface area (TPSA) is 9.23 Å². The summed E-state index contributed by atoms with van der Waals surface area (Å²) in [5.41, 5.74) is 1.76. The third-order valence-electron chi connectivity index (χ3n) is 5.27. The van der Waals surface area contributed by atoms with Crippen LogP contribution in [-0.4, -0.2) is 12.2 Å². The number of ether oxygens (including phenoxy) is 1. The number of hydrogen-bond acceptors (Lipinski definition) is 1. The van der Waals surface area contributed by atoms with Crippen molar-refractivity contribution in [3.63, 3.8) is 0 Å². The summed E-state index contributed by atoms with van der Waals surface area (Å²) in [6.45, 7) is 11.4. The first kappa shape index (κ1) is 10.6. The van der Waals surface area contributed by atoms with E-state index in [9.17, 15) is 0 Å². The molecule has 1 saturated carbocycles. The minimum absolute atomic E-state index is 0.127. The van der Waals surface area contributed by atoms with E-state index in [1.807, 2.05) is 0 Å². The zero-order chi connectivity index (χ0) is 11.6. The number of hydrogen-bond donors (Lipinski definition) is 0. The van der Waals surface area contributed by atoms with Crippen molar-refractivity contribution in [3.8, 4) is 0 Å². The fourth-order valence-corrected chi connectivity index (χ4v) is 4.20. The Morgan fingerprint density at radius 3 is 2.88 bits per heavy atom. The van der Waals surface area contributed by atoms with Gasteiger partial charge >= 0.3 is 0 Å². The molecule has 2 bridgehead atoms. The van der Waals surface area contributed by atoms with Crippen LogP contribution in [0.2, 0.25) is 0 Å². The molecule has 0 aromatic heterocycles. The van der Waals surface area contributed by atoms with E-state index in [1.54, 1.807) is 0 Å². The van der Waals surface area contributed by atoms with Crippen LogP contribution in [0.4, 0.5) is 0 Å². The van der Waals surface area contributed by atoms with Gasteiger partial charge in [-0.2, -0.15) is 0 Å². The molecule has 3 rings (SSSR count). The highest BCUT2D eigenvalue weighted by Gasteiger charge is 2.63. The van der Waals surface area contributed by atoms with Crippen LogP contribution in [-0.2, 0) is 4.74 Å². The third kappa shape index (κ3) is 1.01. The molecule has 1 nitrogen and oxygen atoms in total. The highest BCUT2D eigenvalue weighted by molar-refractivity contribution is 5.35. The van der Waals surface area contributed by atoms with Crippen molar-refractivity contribution in [2.45, 2.75) is 52.2 Å². The first-order valence-electron chi connectivity index (χ1n) is 6.51. The molecule has 0 amide bonds. The van der Waals surface area contributed by atoms with Gasteiger partial charge in [0.05, 0.1) is 12.2 Å². The molecule has 16 heavy (non-hydrogen) atoms. The van der Waals surface area contributed by atoms with E-state index >= 15 is 0 Å². The highest BCUT2D eigenvalue weighted by Crippen LogP contribution is 2.64. The fourth-order valence-electron chi connectivity index (χ4n) is 4.20. The Kier molecular flexibility index (Phi) is 1.99. The molecule has 88 valence electrons. The molecule has 0 radical (unpaired) electrons. The fraction of sp³-hybridized carbons (Fsp3) is 0.733. The molecule has 1 saturated heterocycles. The molecular formula is C15H22O. The second-order valence-corrected chi connectivity index (χ2v) is 6.42.